The summed E-state index contributed by atoms with van der Waals surface area (Å²) in [7, 11) is 0. The summed E-state index contributed by atoms with van der Waals surface area (Å²) in [5, 5.41) is 45.2. The predicted octanol–water partition coefficient (Wildman–Crippen LogP) is -3.01. The van der Waals surface area contributed by atoms with Crippen LogP contribution < -0.4 is 0 Å². The zero-order valence-electron chi connectivity index (χ0n) is 7.46. The Bertz CT molecular complexity index is 235. The van der Waals surface area contributed by atoms with E-state index >= 15 is 0 Å². The molecular formula is C6H11NO8. The monoisotopic (exact) mass is 225 g/mol. The molecule has 0 aromatic heterocycles. The van der Waals surface area contributed by atoms with E-state index in [0.29, 0.717) is 0 Å². The number of hydrogen-bond donors (Lipinski definition) is 4. The van der Waals surface area contributed by atoms with Crippen molar-refractivity contribution in [3.8, 4) is 0 Å². The molecule has 1 aliphatic heterocycles. The Labute approximate surface area is 83.6 Å². The van der Waals surface area contributed by atoms with Crippen LogP contribution in [0.3, 0.4) is 0 Å². The van der Waals surface area contributed by atoms with Crippen LogP contribution in [0, 0.1) is 10.1 Å². The molecule has 9 nitrogen and oxygen atoms in total. The molecule has 1 aliphatic rings. The van der Waals surface area contributed by atoms with E-state index in [1.165, 1.54) is 0 Å². The van der Waals surface area contributed by atoms with E-state index in [2.05, 4.69) is 9.57 Å². The van der Waals surface area contributed by atoms with Crippen LogP contribution in [0.1, 0.15) is 0 Å². The maximum atomic E-state index is 10.0. The third-order valence-corrected chi connectivity index (χ3v) is 2.05. The van der Waals surface area contributed by atoms with E-state index < -0.39 is 42.4 Å². The molecule has 0 saturated carbocycles. The Hall–Kier alpha value is -1.00. The maximum absolute atomic E-state index is 10.0. The van der Waals surface area contributed by atoms with E-state index in [4.69, 9.17) is 10.2 Å². The molecule has 0 radical (unpaired) electrons. The minimum absolute atomic E-state index is 0.664. The third-order valence-electron chi connectivity index (χ3n) is 2.05. The van der Waals surface area contributed by atoms with Gasteiger partial charge in [0.25, 0.3) is 5.09 Å². The zero-order valence-corrected chi connectivity index (χ0v) is 7.46. The van der Waals surface area contributed by atoms with Gasteiger partial charge in [0, 0.05) is 0 Å². The summed E-state index contributed by atoms with van der Waals surface area (Å²) in [5.41, 5.74) is 0. The van der Waals surface area contributed by atoms with Gasteiger partial charge in [0.1, 0.15) is 18.3 Å². The van der Waals surface area contributed by atoms with Crippen molar-refractivity contribution in [3.05, 3.63) is 10.1 Å². The fourth-order valence-corrected chi connectivity index (χ4v) is 1.29. The maximum Gasteiger partial charge on any atom is 0.294 e. The molecule has 0 aromatic rings. The van der Waals surface area contributed by atoms with Gasteiger partial charge >= 0.3 is 0 Å². The van der Waals surface area contributed by atoms with Crippen molar-refractivity contribution in [1.29, 1.82) is 0 Å². The quantitative estimate of drug-likeness (QED) is 0.294. The normalized spacial score (nSPS) is 41.2. The van der Waals surface area contributed by atoms with Crippen LogP contribution in [0.4, 0.5) is 0 Å². The van der Waals surface area contributed by atoms with Gasteiger partial charge in [-0.15, -0.1) is 10.1 Å². The molecule has 1 saturated heterocycles. The van der Waals surface area contributed by atoms with E-state index in [1.807, 2.05) is 0 Å². The Morgan fingerprint density at radius 1 is 1.33 bits per heavy atom. The lowest BCUT2D eigenvalue weighted by atomic mass is 9.99. The molecule has 9 heteroatoms. The summed E-state index contributed by atoms with van der Waals surface area (Å²) >= 11 is 0. The standard InChI is InChI=1S/C6H11NO8/c8-1-2-3(9)5(15-7(12)13)4(10)6(11)14-2/h2-6,8-11H,1H2/t2-,3-,4-,5+,6?/m1/s1. The SMILES string of the molecule is O=[N+]([O-])O[C@H]1[C@H](O)[C@@H](CO)OC(O)[C@@H]1O. The van der Waals surface area contributed by atoms with Crippen LogP contribution in [-0.2, 0) is 9.57 Å². The minimum Gasteiger partial charge on any atom is -0.394 e. The lowest BCUT2D eigenvalue weighted by Gasteiger charge is -2.38. The van der Waals surface area contributed by atoms with Gasteiger partial charge in [-0.05, 0) is 0 Å². The molecule has 15 heavy (non-hydrogen) atoms. The van der Waals surface area contributed by atoms with Crippen molar-refractivity contribution < 1.29 is 35.1 Å². The summed E-state index contributed by atoms with van der Waals surface area (Å²) in [6.45, 7) is -0.664. The van der Waals surface area contributed by atoms with Gasteiger partial charge in [-0.1, -0.05) is 0 Å². The first kappa shape index (κ1) is 12.1. The van der Waals surface area contributed by atoms with E-state index in [1.54, 1.807) is 0 Å². The highest BCUT2D eigenvalue weighted by atomic mass is 17.0. The Kier molecular flexibility index (Phi) is 3.77. The van der Waals surface area contributed by atoms with Gasteiger partial charge in [0.05, 0.1) is 6.61 Å². The molecule has 0 aliphatic carbocycles. The highest BCUT2D eigenvalue weighted by molar-refractivity contribution is 4.88. The summed E-state index contributed by atoms with van der Waals surface area (Å²) in [6.07, 6.45) is -8.00. The van der Waals surface area contributed by atoms with Gasteiger partial charge in [0.15, 0.2) is 12.4 Å². The predicted molar refractivity (Wildman–Crippen MR) is 41.8 cm³/mol. The molecule has 0 bridgehead atoms. The first-order valence-corrected chi connectivity index (χ1v) is 4.09. The lowest BCUT2D eigenvalue weighted by Crippen LogP contribution is -2.59. The minimum atomic E-state index is -1.76. The molecule has 1 fully saturated rings. The molecule has 0 spiro atoms. The van der Waals surface area contributed by atoms with E-state index in [9.17, 15) is 20.3 Å². The average Bonchev–Trinajstić information content (AvgIpc) is 2.18. The van der Waals surface area contributed by atoms with Crippen LogP contribution >= 0.6 is 0 Å². The molecule has 1 rings (SSSR count). The fraction of sp³-hybridized carbons (Fsp3) is 1.00. The molecule has 88 valence electrons. The smallest absolute Gasteiger partial charge is 0.294 e. The Morgan fingerprint density at radius 3 is 2.40 bits per heavy atom. The van der Waals surface area contributed by atoms with Crippen molar-refractivity contribution in [2.24, 2.45) is 0 Å². The summed E-state index contributed by atoms with van der Waals surface area (Å²) < 4.78 is 4.57. The third kappa shape index (κ3) is 2.52. The lowest BCUT2D eigenvalue weighted by molar-refractivity contribution is -0.775. The number of nitrogens with zero attached hydrogens (tertiary/aromatic N) is 1. The van der Waals surface area contributed by atoms with Gasteiger partial charge in [0.2, 0.25) is 0 Å². The van der Waals surface area contributed by atoms with Crippen molar-refractivity contribution in [2.45, 2.75) is 30.7 Å². The van der Waals surface area contributed by atoms with Crippen LogP contribution in [0.25, 0.3) is 0 Å². The van der Waals surface area contributed by atoms with Crippen LogP contribution in [0.15, 0.2) is 0 Å². The number of aliphatic hydroxyl groups excluding tert-OH is 4. The molecule has 5 atom stereocenters. The van der Waals surface area contributed by atoms with Crippen LogP contribution in [0.5, 0.6) is 0 Å². The number of hydrogen-bond acceptors (Lipinski definition) is 8. The van der Waals surface area contributed by atoms with Gasteiger partial charge in [-0.3, -0.25) is 0 Å². The van der Waals surface area contributed by atoms with E-state index in [-0.39, 0.29) is 0 Å². The molecule has 4 N–H and O–H groups in total. The van der Waals surface area contributed by atoms with Crippen molar-refractivity contribution in [3.63, 3.8) is 0 Å². The summed E-state index contributed by atoms with van der Waals surface area (Å²) in [5.74, 6) is 0. The number of rotatable bonds is 3. The Morgan fingerprint density at radius 2 is 1.93 bits per heavy atom. The second-order valence-electron chi connectivity index (χ2n) is 3.02. The molecular weight excluding hydrogens is 214 g/mol. The first-order valence-electron chi connectivity index (χ1n) is 4.09. The number of ether oxygens (including phenoxy) is 1. The fourth-order valence-electron chi connectivity index (χ4n) is 1.29. The van der Waals surface area contributed by atoms with Crippen molar-refractivity contribution in [2.75, 3.05) is 6.61 Å². The topological polar surface area (TPSA) is 143 Å². The van der Waals surface area contributed by atoms with Gasteiger partial charge in [-0.25, -0.2) is 0 Å². The van der Waals surface area contributed by atoms with E-state index in [0.717, 1.165) is 0 Å². The second-order valence-corrected chi connectivity index (χ2v) is 3.02. The summed E-state index contributed by atoms with van der Waals surface area (Å²) in [4.78, 5) is 14.0. The molecule has 0 amide bonds. The van der Waals surface area contributed by atoms with Crippen LogP contribution in [-0.4, -0.2) is 62.8 Å². The molecule has 1 unspecified atom stereocenters. The van der Waals surface area contributed by atoms with Crippen molar-refractivity contribution >= 4 is 0 Å². The number of aliphatic hydroxyl groups is 4. The van der Waals surface area contributed by atoms with Gasteiger partial charge < -0.3 is 30.0 Å². The highest BCUT2D eigenvalue weighted by Gasteiger charge is 2.45. The zero-order chi connectivity index (χ0) is 11.6. The highest BCUT2D eigenvalue weighted by Crippen LogP contribution is 2.22. The summed E-state index contributed by atoms with van der Waals surface area (Å²) in [6, 6.07) is 0. The van der Waals surface area contributed by atoms with Crippen LogP contribution in [0.2, 0.25) is 0 Å². The second kappa shape index (κ2) is 4.68. The van der Waals surface area contributed by atoms with Crippen molar-refractivity contribution in [1.82, 2.24) is 0 Å². The van der Waals surface area contributed by atoms with Gasteiger partial charge in [-0.2, -0.15) is 0 Å². The molecule has 0 aromatic carbocycles. The Balaban J connectivity index is 2.74. The largest absolute Gasteiger partial charge is 0.394 e. The first-order chi connectivity index (χ1) is 6.97. The average molecular weight is 225 g/mol. The molecule has 1 heterocycles.